The van der Waals surface area contributed by atoms with Crippen LogP contribution in [0.2, 0.25) is 0 Å². The van der Waals surface area contributed by atoms with Crippen LogP contribution in [0.15, 0.2) is 78.9 Å². The van der Waals surface area contributed by atoms with Crippen LogP contribution in [0, 0.1) is 11.7 Å². The molecule has 9 nitrogen and oxygen atoms in total. The van der Waals surface area contributed by atoms with Gasteiger partial charge in [-0.05, 0) is 41.3 Å². The summed E-state index contributed by atoms with van der Waals surface area (Å²) in [6.45, 7) is 3.57. The summed E-state index contributed by atoms with van der Waals surface area (Å²) in [5, 5.41) is 2.93. The van der Waals surface area contributed by atoms with Crippen LogP contribution in [0.5, 0.6) is 5.75 Å². The Morgan fingerprint density at radius 1 is 0.929 bits per heavy atom. The number of ether oxygens (including phenoxy) is 1. The van der Waals surface area contributed by atoms with E-state index in [1.54, 1.807) is 24.3 Å². The van der Waals surface area contributed by atoms with Crippen LogP contribution in [0.25, 0.3) is 0 Å². The van der Waals surface area contributed by atoms with Crippen LogP contribution in [-0.2, 0) is 32.8 Å². The van der Waals surface area contributed by atoms with Crippen LogP contribution >= 0.6 is 0 Å². The Kier molecular flexibility index (Phi) is 11.5. The fourth-order valence-electron chi connectivity index (χ4n) is 4.30. The number of anilines is 1. The van der Waals surface area contributed by atoms with Crippen molar-refractivity contribution in [2.24, 2.45) is 5.92 Å². The van der Waals surface area contributed by atoms with Crippen LogP contribution in [0.1, 0.15) is 25.0 Å². The second-order valence-corrected chi connectivity index (χ2v) is 12.5. The van der Waals surface area contributed by atoms with Crippen LogP contribution < -0.4 is 14.4 Å². The predicted octanol–water partition coefficient (Wildman–Crippen LogP) is 3.86. The van der Waals surface area contributed by atoms with Gasteiger partial charge >= 0.3 is 10.2 Å². The third-order valence-electron chi connectivity index (χ3n) is 6.58. The van der Waals surface area contributed by atoms with E-state index in [9.17, 15) is 22.4 Å². The molecule has 1 atom stereocenters. The molecule has 0 saturated carbocycles. The molecular weight excluding hydrogens is 559 g/mol. The van der Waals surface area contributed by atoms with Crippen molar-refractivity contribution in [2.45, 2.75) is 32.9 Å². The molecular formula is C31H39FN4O5S. The van der Waals surface area contributed by atoms with Gasteiger partial charge in [-0.1, -0.05) is 68.4 Å². The summed E-state index contributed by atoms with van der Waals surface area (Å²) >= 11 is 0. The van der Waals surface area contributed by atoms with Crippen molar-refractivity contribution in [3.8, 4) is 5.75 Å². The van der Waals surface area contributed by atoms with E-state index in [4.69, 9.17) is 4.74 Å². The van der Waals surface area contributed by atoms with Crippen molar-refractivity contribution in [3.05, 3.63) is 95.8 Å². The average Bonchev–Trinajstić information content (AvgIpc) is 2.97. The van der Waals surface area contributed by atoms with Crippen molar-refractivity contribution in [1.29, 1.82) is 0 Å². The van der Waals surface area contributed by atoms with Gasteiger partial charge in [-0.2, -0.15) is 12.7 Å². The molecule has 0 heterocycles. The highest BCUT2D eigenvalue weighted by molar-refractivity contribution is 7.90. The van der Waals surface area contributed by atoms with Gasteiger partial charge in [0.15, 0.2) is 0 Å². The van der Waals surface area contributed by atoms with E-state index in [1.165, 1.54) is 44.3 Å². The Morgan fingerprint density at radius 3 is 2.19 bits per heavy atom. The maximum atomic E-state index is 14.9. The molecule has 0 aromatic heterocycles. The number of rotatable bonds is 14. The highest BCUT2D eigenvalue weighted by Gasteiger charge is 2.35. The molecule has 3 aromatic carbocycles. The molecule has 1 N–H and O–H groups in total. The van der Waals surface area contributed by atoms with Crippen molar-refractivity contribution >= 4 is 27.7 Å². The van der Waals surface area contributed by atoms with Gasteiger partial charge in [0.25, 0.3) is 0 Å². The first kappa shape index (κ1) is 32.6. The minimum absolute atomic E-state index is 0.0181. The maximum Gasteiger partial charge on any atom is 0.304 e. The Balaban J connectivity index is 2.11. The monoisotopic (exact) mass is 598 g/mol. The number of carbonyl (C=O) groups excluding carboxylic acids is 2. The normalized spacial score (nSPS) is 12.2. The summed E-state index contributed by atoms with van der Waals surface area (Å²) in [7, 11) is -0.159. The number of halogens is 1. The molecule has 226 valence electrons. The molecule has 3 rings (SSSR count). The zero-order chi connectivity index (χ0) is 30.9. The number of benzene rings is 3. The highest BCUT2D eigenvalue weighted by atomic mass is 32.2. The maximum absolute atomic E-state index is 14.9. The quantitative estimate of drug-likeness (QED) is 0.304. The number of carbonyl (C=O) groups is 2. The largest absolute Gasteiger partial charge is 0.497 e. The molecule has 0 spiro atoms. The van der Waals surface area contributed by atoms with Crippen molar-refractivity contribution < 1.29 is 27.1 Å². The van der Waals surface area contributed by atoms with Crippen molar-refractivity contribution in [3.63, 3.8) is 0 Å². The van der Waals surface area contributed by atoms with Gasteiger partial charge in [0, 0.05) is 33.6 Å². The van der Waals surface area contributed by atoms with Gasteiger partial charge in [-0.15, -0.1) is 0 Å². The van der Waals surface area contributed by atoms with Gasteiger partial charge in [-0.25, -0.2) is 8.70 Å². The van der Waals surface area contributed by atoms with E-state index in [0.717, 1.165) is 20.2 Å². The van der Waals surface area contributed by atoms with E-state index in [1.807, 2.05) is 44.2 Å². The topological polar surface area (TPSA) is 99.3 Å². The number of nitrogens with one attached hydrogen (secondary N) is 1. The minimum atomic E-state index is -4.29. The van der Waals surface area contributed by atoms with E-state index >= 15 is 0 Å². The highest BCUT2D eigenvalue weighted by Crippen LogP contribution is 2.25. The van der Waals surface area contributed by atoms with E-state index in [2.05, 4.69) is 5.32 Å². The van der Waals surface area contributed by atoms with Crippen molar-refractivity contribution in [1.82, 2.24) is 14.5 Å². The summed E-state index contributed by atoms with van der Waals surface area (Å²) in [6, 6.07) is 20.7. The van der Waals surface area contributed by atoms with E-state index < -0.39 is 34.5 Å². The molecule has 0 bridgehead atoms. The summed E-state index contributed by atoms with van der Waals surface area (Å²) in [5.74, 6) is -1.13. The van der Waals surface area contributed by atoms with E-state index in [-0.39, 0.29) is 30.5 Å². The summed E-state index contributed by atoms with van der Waals surface area (Å²) in [4.78, 5) is 29.3. The van der Waals surface area contributed by atoms with Gasteiger partial charge in [0.1, 0.15) is 24.2 Å². The minimum Gasteiger partial charge on any atom is -0.497 e. The summed E-state index contributed by atoms with van der Waals surface area (Å²) < 4.78 is 48.7. The Hall–Kier alpha value is -3.96. The Labute approximate surface area is 248 Å². The number of methoxy groups -OCH3 is 1. The lowest BCUT2D eigenvalue weighted by atomic mass is 10.0. The lowest BCUT2D eigenvalue weighted by Gasteiger charge is -2.34. The number of para-hydroxylation sites is 1. The molecule has 2 amide bonds. The van der Waals surface area contributed by atoms with Gasteiger partial charge in [0.05, 0.1) is 12.8 Å². The molecule has 1 unspecified atom stereocenters. The van der Waals surface area contributed by atoms with Gasteiger partial charge in [0.2, 0.25) is 11.8 Å². The first-order chi connectivity index (χ1) is 19.9. The fourth-order valence-corrected chi connectivity index (χ4v) is 5.36. The molecule has 0 radical (unpaired) electrons. The zero-order valence-electron chi connectivity index (χ0n) is 24.7. The molecule has 3 aromatic rings. The number of nitrogens with zero attached hydrogens (tertiary/aromatic N) is 3. The smallest absolute Gasteiger partial charge is 0.304 e. The molecule has 11 heteroatoms. The Morgan fingerprint density at radius 2 is 1.57 bits per heavy atom. The molecule has 0 aliphatic carbocycles. The SMILES string of the molecule is COc1cccc(CN(C(=O)CN(c2ccccc2F)S(=O)(=O)N(C)C)C(Cc2ccccc2)C(=O)NCC(C)C)c1. The Bertz CT molecular complexity index is 1450. The van der Waals surface area contributed by atoms with Crippen molar-refractivity contribution in [2.75, 3.05) is 38.6 Å². The number of hydrogen-bond donors (Lipinski definition) is 1. The van der Waals surface area contributed by atoms with Crippen LogP contribution in [0.3, 0.4) is 0 Å². The van der Waals surface area contributed by atoms with E-state index in [0.29, 0.717) is 17.9 Å². The lowest BCUT2D eigenvalue weighted by Crippen LogP contribution is -2.54. The second kappa shape index (κ2) is 14.8. The molecule has 42 heavy (non-hydrogen) atoms. The standard InChI is InChI=1S/C31H39FN4O5S/c1-23(2)20-33-31(38)29(19-24-12-7-6-8-13-24)35(21-25-14-11-15-26(18-25)41-5)30(37)22-36(42(39,40)34(3)4)28-17-10-9-16-27(28)32/h6-18,23,29H,19-22H2,1-5H3,(H,33,38). The lowest BCUT2D eigenvalue weighted by molar-refractivity contribution is -0.140. The third-order valence-corrected chi connectivity index (χ3v) is 8.39. The summed E-state index contributed by atoms with van der Waals surface area (Å²) in [5.41, 5.74) is 1.22. The summed E-state index contributed by atoms with van der Waals surface area (Å²) in [6.07, 6.45) is 0.181. The molecule has 0 fully saturated rings. The molecule has 0 aliphatic heterocycles. The van der Waals surface area contributed by atoms with Gasteiger partial charge < -0.3 is 15.0 Å². The third kappa shape index (κ3) is 8.53. The predicted molar refractivity (Wildman–Crippen MR) is 162 cm³/mol. The fraction of sp³-hybridized carbons (Fsp3) is 0.355. The number of hydrogen-bond acceptors (Lipinski definition) is 5. The first-order valence-corrected chi connectivity index (χ1v) is 15.0. The van der Waals surface area contributed by atoms with Crippen LogP contribution in [-0.4, -0.2) is 69.8 Å². The zero-order valence-corrected chi connectivity index (χ0v) is 25.5. The number of amides is 2. The molecule has 0 saturated heterocycles. The van der Waals surface area contributed by atoms with Gasteiger partial charge in [-0.3, -0.25) is 9.59 Å². The average molecular weight is 599 g/mol. The first-order valence-electron chi connectivity index (χ1n) is 13.6. The second-order valence-electron chi connectivity index (χ2n) is 10.5. The van der Waals surface area contributed by atoms with Crippen LogP contribution in [0.4, 0.5) is 10.1 Å². The molecule has 0 aliphatic rings.